The van der Waals surface area contributed by atoms with Crippen molar-refractivity contribution in [1.82, 2.24) is 10.2 Å². The van der Waals surface area contributed by atoms with Crippen LogP contribution in [0.1, 0.15) is 66.1 Å². The molecule has 31 heavy (non-hydrogen) atoms. The van der Waals surface area contributed by atoms with E-state index in [1.807, 2.05) is 12.1 Å². The van der Waals surface area contributed by atoms with Gasteiger partial charge in [0.25, 0.3) is 5.91 Å². The SMILES string of the molecule is COc1cc([C@@H](C)N[C@H]2CC[C@@H](c3ccc(C(=O)N4CCC(O)C4)cc3)C2)ccc1F. The molecule has 0 radical (unpaired) electrons. The summed E-state index contributed by atoms with van der Waals surface area (Å²) >= 11 is 0. The lowest BCUT2D eigenvalue weighted by atomic mass is 9.96. The Hall–Kier alpha value is -2.44. The largest absolute Gasteiger partial charge is 0.494 e. The van der Waals surface area contributed by atoms with Gasteiger partial charge < -0.3 is 20.1 Å². The number of likely N-dealkylation sites (tertiary alicyclic amines) is 1. The van der Waals surface area contributed by atoms with Gasteiger partial charge in [-0.1, -0.05) is 18.2 Å². The van der Waals surface area contributed by atoms with Gasteiger partial charge in [0.15, 0.2) is 11.6 Å². The number of nitrogens with zero attached hydrogens (tertiary/aromatic N) is 1. The van der Waals surface area contributed by atoms with Crippen LogP contribution in [0.2, 0.25) is 0 Å². The second-order valence-corrected chi connectivity index (χ2v) is 8.80. The molecule has 5 nitrogen and oxygen atoms in total. The number of β-amino-alcohol motifs (C(OH)–C–C–N with tert-alkyl or cyclic N) is 1. The zero-order valence-corrected chi connectivity index (χ0v) is 18.2. The molecule has 2 aromatic rings. The van der Waals surface area contributed by atoms with Crippen LogP contribution in [0.4, 0.5) is 4.39 Å². The third-order valence-electron chi connectivity index (χ3n) is 6.67. The van der Waals surface area contributed by atoms with E-state index in [1.165, 1.54) is 18.7 Å². The van der Waals surface area contributed by atoms with Crippen LogP contribution in [0.25, 0.3) is 0 Å². The van der Waals surface area contributed by atoms with Crippen LogP contribution >= 0.6 is 0 Å². The van der Waals surface area contributed by atoms with Gasteiger partial charge in [0.2, 0.25) is 0 Å². The molecule has 1 aliphatic carbocycles. The third-order valence-corrected chi connectivity index (χ3v) is 6.67. The van der Waals surface area contributed by atoms with Crippen molar-refractivity contribution in [2.75, 3.05) is 20.2 Å². The van der Waals surface area contributed by atoms with Crippen molar-refractivity contribution < 1.29 is 19.0 Å². The minimum atomic E-state index is -0.399. The number of halogens is 1. The Morgan fingerprint density at radius 2 is 1.97 bits per heavy atom. The lowest BCUT2D eigenvalue weighted by molar-refractivity contribution is 0.0765. The highest BCUT2D eigenvalue weighted by Crippen LogP contribution is 2.36. The number of aliphatic hydroxyl groups excluding tert-OH is 1. The van der Waals surface area contributed by atoms with Crippen LogP contribution < -0.4 is 10.1 Å². The van der Waals surface area contributed by atoms with Gasteiger partial charge in [0, 0.05) is 30.7 Å². The van der Waals surface area contributed by atoms with Gasteiger partial charge in [-0.25, -0.2) is 4.39 Å². The second-order valence-electron chi connectivity index (χ2n) is 8.80. The predicted octanol–water partition coefficient (Wildman–Crippen LogP) is 4.03. The zero-order valence-electron chi connectivity index (χ0n) is 18.2. The standard InChI is InChI=1S/C25H31FN2O3/c1-16(19-8-10-23(26)24(14-19)31-2)27-21-9-7-20(13-21)17-3-5-18(6-4-17)25(30)28-12-11-22(29)15-28/h3-6,8,10,14,16,20-22,27,29H,7,9,11-13,15H2,1-2H3/t16-,20-,21+,22?/m1/s1. The molecular weight excluding hydrogens is 395 g/mol. The fourth-order valence-corrected chi connectivity index (χ4v) is 4.84. The quantitative estimate of drug-likeness (QED) is 0.732. The number of methoxy groups -OCH3 is 1. The molecule has 1 saturated heterocycles. The van der Waals surface area contributed by atoms with E-state index < -0.39 is 6.10 Å². The van der Waals surface area contributed by atoms with Crippen molar-refractivity contribution in [2.24, 2.45) is 0 Å². The molecule has 6 heteroatoms. The average molecular weight is 427 g/mol. The third kappa shape index (κ3) is 4.91. The van der Waals surface area contributed by atoms with Crippen molar-refractivity contribution in [2.45, 2.75) is 56.7 Å². The van der Waals surface area contributed by atoms with Crippen LogP contribution in [0.15, 0.2) is 42.5 Å². The van der Waals surface area contributed by atoms with E-state index in [0.717, 1.165) is 24.8 Å². The monoisotopic (exact) mass is 426 g/mol. The summed E-state index contributed by atoms with van der Waals surface area (Å²) < 4.78 is 18.8. The smallest absolute Gasteiger partial charge is 0.253 e. The van der Waals surface area contributed by atoms with Crippen molar-refractivity contribution in [3.8, 4) is 5.75 Å². The number of carbonyl (C=O) groups excluding carboxylic acids is 1. The summed E-state index contributed by atoms with van der Waals surface area (Å²) in [5, 5.41) is 13.3. The molecule has 2 N–H and O–H groups in total. The first-order chi connectivity index (χ1) is 14.9. The number of nitrogens with one attached hydrogen (secondary N) is 1. The van der Waals surface area contributed by atoms with Crippen molar-refractivity contribution in [1.29, 1.82) is 0 Å². The molecule has 1 heterocycles. The van der Waals surface area contributed by atoms with Gasteiger partial charge in [-0.15, -0.1) is 0 Å². The lowest BCUT2D eigenvalue weighted by Crippen LogP contribution is -2.29. The van der Waals surface area contributed by atoms with Crippen molar-refractivity contribution >= 4 is 5.91 Å². The van der Waals surface area contributed by atoms with E-state index in [-0.39, 0.29) is 23.5 Å². The molecule has 1 saturated carbocycles. The Bertz CT molecular complexity index is 917. The van der Waals surface area contributed by atoms with E-state index in [4.69, 9.17) is 4.74 Å². The van der Waals surface area contributed by atoms with Crippen LogP contribution in [-0.2, 0) is 0 Å². The summed E-state index contributed by atoms with van der Waals surface area (Å²) in [6.07, 6.45) is 3.48. The van der Waals surface area contributed by atoms with Crippen LogP contribution in [0.3, 0.4) is 0 Å². The Morgan fingerprint density at radius 1 is 1.19 bits per heavy atom. The maximum absolute atomic E-state index is 13.7. The van der Waals surface area contributed by atoms with Gasteiger partial charge in [0.1, 0.15) is 0 Å². The molecule has 1 unspecified atom stereocenters. The second kappa shape index (κ2) is 9.37. The summed E-state index contributed by atoms with van der Waals surface area (Å²) in [6.45, 7) is 3.14. The highest BCUT2D eigenvalue weighted by Gasteiger charge is 2.28. The van der Waals surface area contributed by atoms with Crippen LogP contribution in [0, 0.1) is 5.82 Å². The Morgan fingerprint density at radius 3 is 2.65 bits per heavy atom. The van der Waals surface area contributed by atoms with E-state index in [0.29, 0.717) is 37.0 Å². The van der Waals surface area contributed by atoms with Gasteiger partial charge >= 0.3 is 0 Å². The summed E-state index contributed by atoms with van der Waals surface area (Å²) in [7, 11) is 1.48. The fraction of sp³-hybridized carbons (Fsp3) is 0.480. The van der Waals surface area contributed by atoms with Gasteiger partial charge in [-0.05, 0) is 73.9 Å². The first kappa shape index (κ1) is 21.8. The summed E-state index contributed by atoms with van der Waals surface area (Å²) in [6, 6.07) is 13.5. The maximum Gasteiger partial charge on any atom is 0.253 e. The molecule has 4 rings (SSSR count). The molecular formula is C25H31FN2O3. The number of aliphatic hydroxyl groups is 1. The van der Waals surface area contributed by atoms with Crippen molar-refractivity contribution in [3.05, 3.63) is 65.0 Å². The highest BCUT2D eigenvalue weighted by molar-refractivity contribution is 5.94. The topological polar surface area (TPSA) is 61.8 Å². The molecule has 4 atom stereocenters. The van der Waals surface area contributed by atoms with E-state index >= 15 is 0 Å². The number of carbonyl (C=O) groups is 1. The van der Waals surface area contributed by atoms with Gasteiger partial charge in [0.05, 0.1) is 13.2 Å². The number of ether oxygens (including phenoxy) is 1. The summed E-state index contributed by atoms with van der Waals surface area (Å²) in [4.78, 5) is 14.3. The Labute approximate surface area is 183 Å². The molecule has 0 spiro atoms. The zero-order chi connectivity index (χ0) is 22.0. The molecule has 2 fully saturated rings. The number of hydrogen-bond acceptors (Lipinski definition) is 4. The average Bonchev–Trinajstić information content (AvgIpc) is 3.43. The number of benzene rings is 2. The predicted molar refractivity (Wildman–Crippen MR) is 118 cm³/mol. The number of rotatable bonds is 6. The molecule has 1 aliphatic heterocycles. The lowest BCUT2D eigenvalue weighted by Gasteiger charge is -2.21. The fourth-order valence-electron chi connectivity index (χ4n) is 4.84. The number of hydrogen-bond donors (Lipinski definition) is 2. The first-order valence-corrected chi connectivity index (χ1v) is 11.1. The Kier molecular flexibility index (Phi) is 6.58. The van der Waals surface area contributed by atoms with Gasteiger partial charge in [-0.2, -0.15) is 0 Å². The molecule has 0 aromatic heterocycles. The van der Waals surface area contributed by atoms with Crippen molar-refractivity contribution in [3.63, 3.8) is 0 Å². The normalized spacial score (nSPS) is 24.4. The van der Waals surface area contributed by atoms with Crippen LogP contribution in [0.5, 0.6) is 5.75 Å². The molecule has 166 valence electrons. The van der Waals surface area contributed by atoms with E-state index in [9.17, 15) is 14.3 Å². The van der Waals surface area contributed by atoms with E-state index in [2.05, 4.69) is 24.4 Å². The highest BCUT2D eigenvalue weighted by atomic mass is 19.1. The van der Waals surface area contributed by atoms with Gasteiger partial charge in [-0.3, -0.25) is 4.79 Å². The number of amides is 1. The summed E-state index contributed by atoms with van der Waals surface area (Å²) in [5.74, 6) is 0.388. The molecule has 0 bridgehead atoms. The minimum Gasteiger partial charge on any atom is -0.494 e. The maximum atomic E-state index is 13.7. The minimum absolute atomic E-state index is 0.00221. The molecule has 2 aliphatic rings. The van der Waals surface area contributed by atoms with Crippen LogP contribution in [-0.4, -0.2) is 48.3 Å². The Balaban J connectivity index is 1.34. The summed E-state index contributed by atoms with van der Waals surface area (Å²) in [5.41, 5.74) is 2.96. The molecule has 2 aromatic carbocycles. The molecule has 1 amide bonds. The first-order valence-electron chi connectivity index (χ1n) is 11.1. The van der Waals surface area contributed by atoms with E-state index in [1.54, 1.807) is 17.0 Å².